The summed E-state index contributed by atoms with van der Waals surface area (Å²) in [5.74, 6) is 0.768. The van der Waals surface area contributed by atoms with E-state index in [0.29, 0.717) is 21.3 Å². The van der Waals surface area contributed by atoms with Crippen LogP contribution in [0, 0.1) is 6.92 Å². The number of benzene rings is 3. The van der Waals surface area contributed by atoms with Gasteiger partial charge >= 0.3 is 0 Å². The second-order valence-electron chi connectivity index (χ2n) is 6.84. The maximum absolute atomic E-state index is 6.63. The first-order valence-corrected chi connectivity index (χ1v) is 9.34. The fraction of sp³-hybridized carbons (Fsp3) is 0.136. The van der Waals surface area contributed by atoms with E-state index in [2.05, 4.69) is 12.1 Å². The monoisotopic (exact) mass is 397 g/mol. The highest BCUT2D eigenvalue weighted by atomic mass is 35.5. The maximum atomic E-state index is 6.63. The number of nitrogens with zero attached hydrogens (tertiary/aromatic N) is 1. The molecule has 2 aliphatic rings. The lowest BCUT2D eigenvalue weighted by molar-refractivity contribution is 0.617. The molecule has 2 N–H and O–H groups in total. The molecule has 0 spiro atoms. The van der Waals surface area contributed by atoms with Gasteiger partial charge in [-0.15, -0.1) is 0 Å². The van der Waals surface area contributed by atoms with Crippen molar-refractivity contribution in [1.29, 1.82) is 0 Å². The minimum Gasteiger partial charge on any atom is -0.456 e. The Morgan fingerprint density at radius 1 is 0.889 bits per heavy atom. The van der Waals surface area contributed by atoms with Crippen LogP contribution in [-0.2, 0) is 0 Å². The quantitative estimate of drug-likeness (QED) is 0.264. The molecule has 136 valence electrons. The first-order chi connectivity index (χ1) is 12.9. The molecule has 1 heterocycles. The predicted octanol–water partition coefficient (Wildman–Crippen LogP) is 5.43. The zero-order valence-electron chi connectivity index (χ0n) is 15.3. The standard InChI is InChI=1S/C22H18Cl2N2O/c1-12-17(23)8-9-18(24)21(12)22-15-6-4-13(25)10-19(15)27-20-11-14(26(2)3)5-7-16(20)22/h4-11,25H,1-3H3/p+1. The lowest BCUT2D eigenvalue weighted by Crippen LogP contribution is -2.21. The van der Waals surface area contributed by atoms with Crippen LogP contribution in [0.5, 0.6) is 0 Å². The molecular weight excluding hydrogens is 379 g/mol. The van der Waals surface area contributed by atoms with Crippen molar-refractivity contribution in [3.05, 3.63) is 69.5 Å². The molecule has 4 rings (SSSR count). The zero-order valence-corrected chi connectivity index (χ0v) is 16.8. The van der Waals surface area contributed by atoms with Crippen molar-refractivity contribution in [2.45, 2.75) is 6.92 Å². The van der Waals surface area contributed by atoms with Gasteiger partial charge in [0.15, 0.2) is 0 Å². The highest BCUT2D eigenvalue weighted by molar-refractivity contribution is 6.36. The lowest BCUT2D eigenvalue weighted by atomic mass is 9.91. The van der Waals surface area contributed by atoms with Crippen molar-refractivity contribution in [2.75, 3.05) is 19.8 Å². The Morgan fingerprint density at radius 3 is 2.37 bits per heavy atom. The summed E-state index contributed by atoms with van der Waals surface area (Å²) in [4.78, 5) is 0. The number of hydrogen-bond acceptors (Lipinski definition) is 2. The number of fused-ring (bicyclic) bond motifs is 2. The van der Waals surface area contributed by atoms with E-state index >= 15 is 0 Å². The summed E-state index contributed by atoms with van der Waals surface area (Å²) in [5, 5.41) is 3.33. The third-order valence-corrected chi connectivity index (χ3v) is 5.57. The average Bonchev–Trinajstić information content (AvgIpc) is 2.63. The van der Waals surface area contributed by atoms with Crippen LogP contribution in [0.15, 0.2) is 52.9 Å². The third kappa shape index (κ3) is 2.97. The largest absolute Gasteiger partial charge is 0.456 e. The van der Waals surface area contributed by atoms with Gasteiger partial charge in [0.2, 0.25) is 5.36 Å². The number of nitrogen functional groups attached to an aromatic ring is 1. The van der Waals surface area contributed by atoms with Gasteiger partial charge in [-0.05, 0) is 42.8 Å². The zero-order chi connectivity index (χ0) is 19.3. The Bertz CT molecular complexity index is 1240. The molecule has 0 saturated heterocycles. The van der Waals surface area contributed by atoms with Crippen molar-refractivity contribution in [3.8, 4) is 22.5 Å². The van der Waals surface area contributed by atoms with Crippen LogP contribution in [0.2, 0.25) is 10.0 Å². The fourth-order valence-corrected chi connectivity index (χ4v) is 3.86. The normalized spacial score (nSPS) is 11.3. The lowest BCUT2D eigenvalue weighted by Gasteiger charge is -2.18. The summed E-state index contributed by atoms with van der Waals surface area (Å²) in [6, 6.07) is 15.5. The maximum Gasteiger partial charge on any atom is 0.203 e. The summed E-state index contributed by atoms with van der Waals surface area (Å²) < 4.78 is 8.24. The molecule has 1 aliphatic carbocycles. The van der Waals surface area contributed by atoms with Crippen LogP contribution in [0.3, 0.4) is 0 Å². The van der Waals surface area contributed by atoms with Gasteiger partial charge in [0, 0.05) is 49.9 Å². The highest BCUT2D eigenvalue weighted by Gasteiger charge is 2.21. The molecule has 0 amide bonds. The van der Waals surface area contributed by atoms with E-state index in [1.165, 1.54) is 0 Å². The summed E-state index contributed by atoms with van der Waals surface area (Å²) >= 11 is 13.0. The van der Waals surface area contributed by atoms with Gasteiger partial charge in [0.05, 0.1) is 6.07 Å². The number of rotatable bonds is 1. The topological polar surface area (TPSA) is 42.2 Å². The summed E-state index contributed by atoms with van der Waals surface area (Å²) in [5.41, 5.74) is 11.2. The Labute approximate surface area is 167 Å². The number of anilines is 1. The van der Waals surface area contributed by atoms with Crippen LogP contribution >= 0.6 is 23.2 Å². The van der Waals surface area contributed by atoms with Crippen LogP contribution in [0.4, 0.5) is 5.69 Å². The summed E-state index contributed by atoms with van der Waals surface area (Å²) in [6.45, 7) is 1.98. The molecule has 0 fully saturated rings. The highest BCUT2D eigenvalue weighted by Crippen LogP contribution is 2.45. The van der Waals surface area contributed by atoms with Gasteiger partial charge in [-0.2, -0.15) is 0 Å². The van der Waals surface area contributed by atoms with Crippen molar-refractivity contribution >= 4 is 39.9 Å². The molecule has 0 bridgehead atoms. The van der Waals surface area contributed by atoms with E-state index in [4.69, 9.17) is 33.4 Å². The van der Waals surface area contributed by atoms with E-state index in [1.54, 1.807) is 0 Å². The molecule has 2 aromatic carbocycles. The predicted molar refractivity (Wildman–Crippen MR) is 115 cm³/mol. The summed E-state index contributed by atoms with van der Waals surface area (Å²) in [7, 11) is 4.00. The molecule has 3 nitrogen and oxygen atoms in total. The molecule has 0 unspecified atom stereocenters. The van der Waals surface area contributed by atoms with Gasteiger partial charge < -0.3 is 10.2 Å². The van der Waals surface area contributed by atoms with E-state index in [0.717, 1.165) is 38.8 Å². The van der Waals surface area contributed by atoms with Crippen LogP contribution in [-0.4, -0.2) is 14.1 Å². The molecule has 1 aliphatic heterocycles. The fourth-order valence-electron chi connectivity index (χ4n) is 3.40. The van der Waals surface area contributed by atoms with E-state index in [9.17, 15) is 0 Å². The van der Waals surface area contributed by atoms with Crippen LogP contribution < -0.4 is 15.7 Å². The second-order valence-corrected chi connectivity index (χ2v) is 7.65. The number of halogens is 2. The number of nitrogens with two attached hydrogens (primary N) is 1. The average molecular weight is 398 g/mol. The van der Waals surface area contributed by atoms with E-state index < -0.39 is 0 Å². The Kier molecular flexibility index (Phi) is 4.37. The first kappa shape index (κ1) is 17.9. The molecular formula is C22H19Cl2N2O+. The molecule has 2 aromatic rings. The molecule has 0 atom stereocenters. The van der Waals surface area contributed by atoms with Crippen molar-refractivity contribution < 1.29 is 4.42 Å². The Morgan fingerprint density at radius 2 is 1.63 bits per heavy atom. The molecule has 0 aromatic heterocycles. The van der Waals surface area contributed by atoms with Gasteiger partial charge in [0.25, 0.3) is 0 Å². The van der Waals surface area contributed by atoms with Crippen LogP contribution in [0.1, 0.15) is 5.56 Å². The van der Waals surface area contributed by atoms with E-state index in [-0.39, 0.29) is 0 Å². The minimum atomic E-state index is 0.647. The SMILES string of the molecule is Cc1c(Cl)ccc(Cl)c1-c1c2ccc(=[N+](C)C)cc-2oc2cc(N)ccc12. The van der Waals surface area contributed by atoms with Gasteiger partial charge in [-0.3, -0.25) is 0 Å². The molecule has 5 heteroatoms. The van der Waals surface area contributed by atoms with Crippen molar-refractivity contribution in [3.63, 3.8) is 0 Å². The smallest absolute Gasteiger partial charge is 0.203 e. The number of hydrogen-bond donors (Lipinski definition) is 1. The molecule has 27 heavy (non-hydrogen) atoms. The van der Waals surface area contributed by atoms with Gasteiger partial charge in [0.1, 0.15) is 25.4 Å². The molecule has 0 radical (unpaired) electrons. The van der Waals surface area contributed by atoms with E-state index in [1.807, 2.05) is 62.0 Å². The van der Waals surface area contributed by atoms with Crippen LogP contribution in [0.25, 0.3) is 33.4 Å². The third-order valence-electron chi connectivity index (χ3n) is 4.84. The second kappa shape index (κ2) is 6.59. The van der Waals surface area contributed by atoms with Gasteiger partial charge in [-0.25, -0.2) is 4.58 Å². The van der Waals surface area contributed by atoms with Crippen molar-refractivity contribution in [2.24, 2.45) is 0 Å². The Hall–Kier alpha value is -2.49. The van der Waals surface area contributed by atoms with Gasteiger partial charge in [-0.1, -0.05) is 23.2 Å². The summed E-state index contributed by atoms with van der Waals surface area (Å²) in [6.07, 6.45) is 0. The Balaban J connectivity index is 2.25. The minimum absolute atomic E-state index is 0.647. The first-order valence-electron chi connectivity index (χ1n) is 8.58. The molecule has 0 saturated carbocycles. The van der Waals surface area contributed by atoms with Crippen molar-refractivity contribution in [1.82, 2.24) is 4.58 Å².